The second-order valence-corrected chi connectivity index (χ2v) is 8.23. The molecule has 1 fully saturated rings. The van der Waals surface area contributed by atoms with Crippen LogP contribution in [0.3, 0.4) is 0 Å². The molecule has 0 radical (unpaired) electrons. The summed E-state index contributed by atoms with van der Waals surface area (Å²) < 4.78 is 5.22. The zero-order chi connectivity index (χ0) is 20.4. The fourth-order valence-corrected chi connectivity index (χ4v) is 4.77. The van der Waals surface area contributed by atoms with E-state index in [4.69, 9.17) is 10.5 Å². The van der Waals surface area contributed by atoms with Crippen LogP contribution in [0.1, 0.15) is 28.7 Å². The minimum atomic E-state index is 0.0110. The van der Waals surface area contributed by atoms with Crippen molar-refractivity contribution < 1.29 is 9.53 Å². The van der Waals surface area contributed by atoms with Gasteiger partial charge < -0.3 is 20.3 Å². The molecule has 1 aliphatic rings. The first kappa shape index (κ1) is 19.5. The molecule has 6 nitrogen and oxygen atoms in total. The van der Waals surface area contributed by atoms with Crippen molar-refractivity contribution >= 4 is 38.8 Å². The molecule has 0 aliphatic carbocycles. The molecule has 152 valence electrons. The molecule has 1 amide bonds. The number of fused-ring (bicyclic) bond motifs is 1. The summed E-state index contributed by atoms with van der Waals surface area (Å²) >= 11 is 1.41. The van der Waals surface area contributed by atoms with Crippen LogP contribution in [0.2, 0.25) is 0 Å². The van der Waals surface area contributed by atoms with Crippen molar-refractivity contribution in [3.05, 3.63) is 47.0 Å². The fourth-order valence-electron chi connectivity index (χ4n) is 3.69. The van der Waals surface area contributed by atoms with Crippen molar-refractivity contribution in [1.82, 2.24) is 9.88 Å². The summed E-state index contributed by atoms with van der Waals surface area (Å²) in [7, 11) is 1.67. The Morgan fingerprint density at radius 2 is 1.86 bits per heavy atom. The first-order valence-corrected chi connectivity index (χ1v) is 10.8. The number of nitrogens with zero attached hydrogens (tertiary/aromatic N) is 3. The van der Waals surface area contributed by atoms with Crippen LogP contribution in [0.25, 0.3) is 10.2 Å². The number of amides is 1. The standard InChI is InChI=1S/C22H26N4O2S/c1-3-4-15-5-10-18-19(23)20(29-21(18)24-15)22(27)26-13-11-25(12-14-26)16-6-8-17(28-2)9-7-16/h5-10H,3-4,11-14,23H2,1-2H3. The summed E-state index contributed by atoms with van der Waals surface area (Å²) in [6.45, 7) is 5.07. The fraction of sp³-hybridized carbons (Fsp3) is 0.364. The predicted molar refractivity (Wildman–Crippen MR) is 119 cm³/mol. The van der Waals surface area contributed by atoms with Crippen molar-refractivity contribution in [2.24, 2.45) is 0 Å². The molecular formula is C22H26N4O2S. The van der Waals surface area contributed by atoms with E-state index in [2.05, 4.69) is 28.9 Å². The number of carbonyl (C=O) groups excluding carboxylic acids is 1. The molecule has 1 saturated heterocycles. The van der Waals surface area contributed by atoms with Crippen LogP contribution in [0.4, 0.5) is 11.4 Å². The molecule has 3 heterocycles. The number of aryl methyl sites for hydroxylation is 1. The lowest BCUT2D eigenvalue weighted by molar-refractivity contribution is 0.0752. The van der Waals surface area contributed by atoms with E-state index < -0.39 is 0 Å². The van der Waals surface area contributed by atoms with Gasteiger partial charge in [-0.25, -0.2) is 4.98 Å². The lowest BCUT2D eigenvalue weighted by Crippen LogP contribution is -2.48. The Bertz CT molecular complexity index is 1010. The Morgan fingerprint density at radius 3 is 2.52 bits per heavy atom. The van der Waals surface area contributed by atoms with Crippen molar-refractivity contribution in [2.45, 2.75) is 19.8 Å². The Labute approximate surface area is 174 Å². The van der Waals surface area contributed by atoms with Crippen molar-refractivity contribution in [3.8, 4) is 5.75 Å². The molecule has 0 unspecified atom stereocenters. The highest BCUT2D eigenvalue weighted by Crippen LogP contribution is 2.34. The molecule has 7 heteroatoms. The molecule has 0 bridgehead atoms. The zero-order valence-electron chi connectivity index (χ0n) is 16.9. The number of hydrogen-bond acceptors (Lipinski definition) is 6. The van der Waals surface area contributed by atoms with E-state index in [0.717, 1.165) is 53.3 Å². The maximum Gasteiger partial charge on any atom is 0.266 e. The Morgan fingerprint density at radius 1 is 1.14 bits per heavy atom. The van der Waals surface area contributed by atoms with Gasteiger partial charge in [0.2, 0.25) is 0 Å². The van der Waals surface area contributed by atoms with Gasteiger partial charge in [0.15, 0.2) is 0 Å². The summed E-state index contributed by atoms with van der Waals surface area (Å²) in [6.07, 6.45) is 1.98. The second-order valence-electron chi connectivity index (χ2n) is 7.23. The summed E-state index contributed by atoms with van der Waals surface area (Å²) in [6, 6.07) is 12.0. The Hall–Kier alpha value is -2.80. The molecule has 29 heavy (non-hydrogen) atoms. The minimum Gasteiger partial charge on any atom is -0.497 e. The first-order valence-electron chi connectivity index (χ1n) is 9.97. The van der Waals surface area contributed by atoms with Gasteiger partial charge in [-0.2, -0.15) is 0 Å². The largest absolute Gasteiger partial charge is 0.497 e. The molecule has 2 N–H and O–H groups in total. The van der Waals surface area contributed by atoms with E-state index in [-0.39, 0.29) is 5.91 Å². The molecule has 1 aliphatic heterocycles. The number of aromatic nitrogens is 1. The zero-order valence-corrected chi connectivity index (χ0v) is 17.7. The van der Waals surface area contributed by atoms with E-state index in [1.807, 2.05) is 29.2 Å². The van der Waals surface area contributed by atoms with Gasteiger partial charge in [0, 0.05) is 42.9 Å². The lowest BCUT2D eigenvalue weighted by atomic mass is 10.2. The van der Waals surface area contributed by atoms with E-state index in [9.17, 15) is 4.79 Å². The van der Waals surface area contributed by atoms with Crippen molar-refractivity contribution in [1.29, 1.82) is 0 Å². The molecule has 3 aromatic rings. The second kappa shape index (κ2) is 8.29. The normalized spacial score (nSPS) is 14.4. The summed E-state index contributed by atoms with van der Waals surface area (Å²) in [4.78, 5) is 23.5. The number of hydrogen-bond donors (Lipinski definition) is 1. The van der Waals surface area contributed by atoms with Crippen LogP contribution in [-0.4, -0.2) is 49.1 Å². The van der Waals surface area contributed by atoms with Gasteiger partial charge in [-0.3, -0.25) is 4.79 Å². The van der Waals surface area contributed by atoms with Gasteiger partial charge in [-0.1, -0.05) is 13.3 Å². The predicted octanol–water partition coefficient (Wildman–Crippen LogP) is 3.80. The van der Waals surface area contributed by atoms with Crippen LogP contribution in [0.5, 0.6) is 5.75 Å². The average molecular weight is 411 g/mol. The van der Waals surface area contributed by atoms with Crippen LogP contribution >= 0.6 is 11.3 Å². The summed E-state index contributed by atoms with van der Waals surface area (Å²) in [5.74, 6) is 0.857. The van der Waals surface area contributed by atoms with Crippen molar-refractivity contribution in [3.63, 3.8) is 0 Å². The summed E-state index contributed by atoms with van der Waals surface area (Å²) in [5, 5.41) is 0.884. The third-order valence-electron chi connectivity index (χ3n) is 5.36. The maximum atomic E-state index is 13.1. The monoisotopic (exact) mass is 410 g/mol. The van der Waals surface area contributed by atoms with E-state index in [0.29, 0.717) is 23.7 Å². The number of rotatable bonds is 5. The molecular weight excluding hydrogens is 384 g/mol. The molecule has 2 aromatic heterocycles. The third-order valence-corrected chi connectivity index (χ3v) is 6.46. The quantitative estimate of drug-likeness (QED) is 0.693. The van der Waals surface area contributed by atoms with Gasteiger partial charge in [0.05, 0.1) is 12.8 Å². The smallest absolute Gasteiger partial charge is 0.266 e. The highest BCUT2D eigenvalue weighted by molar-refractivity contribution is 7.21. The van der Waals surface area contributed by atoms with Crippen LogP contribution in [-0.2, 0) is 6.42 Å². The number of nitrogens with two attached hydrogens (primary N) is 1. The van der Waals surface area contributed by atoms with Gasteiger partial charge in [0.1, 0.15) is 15.5 Å². The number of thiophene rings is 1. The van der Waals surface area contributed by atoms with Crippen LogP contribution in [0.15, 0.2) is 36.4 Å². The third kappa shape index (κ3) is 3.87. The molecule has 0 atom stereocenters. The topological polar surface area (TPSA) is 71.7 Å². The SMILES string of the molecule is CCCc1ccc2c(N)c(C(=O)N3CCN(c4ccc(OC)cc4)CC3)sc2n1. The van der Waals surface area contributed by atoms with Gasteiger partial charge in [0.25, 0.3) is 5.91 Å². The van der Waals surface area contributed by atoms with E-state index >= 15 is 0 Å². The molecule has 0 saturated carbocycles. The number of nitrogen functional groups attached to an aromatic ring is 1. The Kier molecular flexibility index (Phi) is 5.58. The number of pyridine rings is 1. The first-order chi connectivity index (χ1) is 14.1. The molecule has 4 rings (SSSR count). The molecule has 0 spiro atoms. The number of piperazine rings is 1. The number of benzene rings is 1. The maximum absolute atomic E-state index is 13.1. The number of carbonyl (C=O) groups is 1. The highest BCUT2D eigenvalue weighted by Gasteiger charge is 2.26. The van der Waals surface area contributed by atoms with Gasteiger partial charge in [-0.05, 0) is 42.8 Å². The average Bonchev–Trinajstić information content (AvgIpc) is 3.09. The van der Waals surface area contributed by atoms with Crippen LogP contribution in [0, 0.1) is 0 Å². The number of anilines is 2. The van der Waals surface area contributed by atoms with Gasteiger partial charge in [-0.15, -0.1) is 11.3 Å². The van der Waals surface area contributed by atoms with Crippen molar-refractivity contribution in [2.75, 3.05) is 43.9 Å². The number of ether oxygens (including phenoxy) is 1. The lowest BCUT2D eigenvalue weighted by Gasteiger charge is -2.36. The van der Waals surface area contributed by atoms with E-state index in [1.165, 1.54) is 11.3 Å². The summed E-state index contributed by atoms with van der Waals surface area (Å²) in [5.41, 5.74) is 9.07. The van der Waals surface area contributed by atoms with Crippen LogP contribution < -0.4 is 15.4 Å². The number of methoxy groups -OCH3 is 1. The van der Waals surface area contributed by atoms with E-state index in [1.54, 1.807) is 7.11 Å². The highest BCUT2D eigenvalue weighted by atomic mass is 32.1. The molecule has 1 aromatic carbocycles. The van der Waals surface area contributed by atoms with Gasteiger partial charge >= 0.3 is 0 Å². The Balaban J connectivity index is 1.47. The minimum absolute atomic E-state index is 0.0110.